The number of methoxy groups -OCH3 is 1. The van der Waals surface area contributed by atoms with Crippen molar-refractivity contribution in [2.24, 2.45) is 0 Å². The van der Waals surface area contributed by atoms with Gasteiger partial charge in [0.25, 0.3) is 0 Å². The first-order chi connectivity index (χ1) is 10.7. The first-order valence-corrected chi connectivity index (χ1v) is 7.54. The van der Waals surface area contributed by atoms with Crippen molar-refractivity contribution >= 4 is 23.0 Å². The van der Waals surface area contributed by atoms with Gasteiger partial charge < -0.3 is 15.4 Å². The Kier molecular flexibility index (Phi) is 4.24. The standard InChI is InChI=1S/C17H17FN2OS/c1-21-16-8-3-2-7-14(16)19-17(22)20-15-10-13(15)11-5-4-6-12(18)9-11/h2-9,13,15H,10H2,1H3,(H2,19,20,22). The summed E-state index contributed by atoms with van der Waals surface area (Å²) < 4.78 is 18.5. The highest BCUT2D eigenvalue weighted by atomic mass is 32.1. The van der Waals surface area contributed by atoms with E-state index in [4.69, 9.17) is 17.0 Å². The molecule has 3 nitrogen and oxygen atoms in total. The van der Waals surface area contributed by atoms with Crippen molar-refractivity contribution in [3.8, 4) is 5.75 Å². The second-order valence-corrected chi connectivity index (χ2v) is 5.71. The predicted octanol–water partition coefficient (Wildman–Crippen LogP) is 3.68. The third kappa shape index (κ3) is 3.36. The average Bonchev–Trinajstić information content (AvgIpc) is 3.27. The first-order valence-electron chi connectivity index (χ1n) is 7.13. The van der Waals surface area contributed by atoms with Gasteiger partial charge in [-0.25, -0.2) is 4.39 Å². The van der Waals surface area contributed by atoms with Crippen LogP contribution in [0.5, 0.6) is 5.75 Å². The molecule has 0 aromatic heterocycles. The van der Waals surface area contributed by atoms with Crippen LogP contribution in [-0.2, 0) is 0 Å². The highest BCUT2D eigenvalue weighted by Crippen LogP contribution is 2.41. The van der Waals surface area contributed by atoms with Gasteiger partial charge in [-0.1, -0.05) is 24.3 Å². The van der Waals surface area contributed by atoms with Crippen LogP contribution >= 0.6 is 12.2 Å². The molecule has 0 aliphatic heterocycles. The summed E-state index contributed by atoms with van der Waals surface area (Å²) in [5.41, 5.74) is 1.84. The summed E-state index contributed by atoms with van der Waals surface area (Å²) in [6.07, 6.45) is 0.956. The molecule has 1 fully saturated rings. The van der Waals surface area contributed by atoms with Gasteiger partial charge in [0.1, 0.15) is 11.6 Å². The Morgan fingerprint density at radius 2 is 2.05 bits per heavy atom. The van der Waals surface area contributed by atoms with E-state index in [-0.39, 0.29) is 11.9 Å². The van der Waals surface area contributed by atoms with E-state index in [2.05, 4.69) is 10.6 Å². The molecule has 0 bridgehead atoms. The van der Waals surface area contributed by atoms with E-state index in [1.165, 1.54) is 6.07 Å². The topological polar surface area (TPSA) is 33.3 Å². The van der Waals surface area contributed by atoms with Crippen LogP contribution in [-0.4, -0.2) is 18.3 Å². The summed E-state index contributed by atoms with van der Waals surface area (Å²) in [7, 11) is 1.62. The second kappa shape index (κ2) is 6.32. The van der Waals surface area contributed by atoms with E-state index in [0.29, 0.717) is 11.0 Å². The quantitative estimate of drug-likeness (QED) is 0.843. The minimum Gasteiger partial charge on any atom is -0.495 e. The van der Waals surface area contributed by atoms with Gasteiger partial charge in [0.15, 0.2) is 5.11 Å². The molecule has 1 saturated carbocycles. The van der Waals surface area contributed by atoms with E-state index in [0.717, 1.165) is 23.4 Å². The lowest BCUT2D eigenvalue weighted by Gasteiger charge is -2.13. The number of hydrogen-bond acceptors (Lipinski definition) is 2. The van der Waals surface area contributed by atoms with E-state index in [9.17, 15) is 4.39 Å². The number of para-hydroxylation sites is 2. The van der Waals surface area contributed by atoms with Crippen LogP contribution in [0, 0.1) is 5.82 Å². The van der Waals surface area contributed by atoms with E-state index in [1.807, 2.05) is 30.3 Å². The molecule has 5 heteroatoms. The Bertz CT molecular complexity index is 692. The third-order valence-corrected chi connectivity index (χ3v) is 3.96. The molecule has 2 aromatic rings. The van der Waals surface area contributed by atoms with Crippen molar-refractivity contribution in [3.63, 3.8) is 0 Å². The maximum absolute atomic E-state index is 13.2. The zero-order chi connectivity index (χ0) is 15.5. The van der Waals surface area contributed by atoms with Crippen LogP contribution in [0.15, 0.2) is 48.5 Å². The first kappa shape index (κ1) is 14.8. The van der Waals surface area contributed by atoms with Gasteiger partial charge in [-0.2, -0.15) is 0 Å². The molecular weight excluding hydrogens is 299 g/mol. The summed E-state index contributed by atoms with van der Waals surface area (Å²) >= 11 is 5.34. The molecule has 2 unspecified atom stereocenters. The average molecular weight is 316 g/mol. The van der Waals surface area contributed by atoms with Gasteiger partial charge in [-0.15, -0.1) is 0 Å². The molecule has 2 atom stereocenters. The van der Waals surface area contributed by atoms with Crippen LogP contribution < -0.4 is 15.4 Å². The molecule has 1 aliphatic rings. The Labute approximate surface area is 134 Å². The van der Waals surface area contributed by atoms with Crippen molar-refractivity contribution in [3.05, 3.63) is 59.9 Å². The highest BCUT2D eigenvalue weighted by Gasteiger charge is 2.39. The number of halogens is 1. The smallest absolute Gasteiger partial charge is 0.171 e. The molecule has 0 amide bonds. The van der Waals surface area contributed by atoms with Crippen molar-refractivity contribution in [2.75, 3.05) is 12.4 Å². The molecule has 0 spiro atoms. The van der Waals surface area contributed by atoms with Crippen molar-refractivity contribution in [1.82, 2.24) is 5.32 Å². The van der Waals surface area contributed by atoms with Crippen molar-refractivity contribution < 1.29 is 9.13 Å². The van der Waals surface area contributed by atoms with E-state index in [1.54, 1.807) is 19.2 Å². The van der Waals surface area contributed by atoms with Crippen LogP contribution in [0.3, 0.4) is 0 Å². The van der Waals surface area contributed by atoms with Gasteiger partial charge in [0.2, 0.25) is 0 Å². The SMILES string of the molecule is COc1ccccc1NC(=S)NC1CC1c1cccc(F)c1. The molecule has 3 rings (SSSR count). The molecule has 0 heterocycles. The number of rotatable bonds is 4. The third-order valence-electron chi connectivity index (χ3n) is 3.74. The Morgan fingerprint density at radius 1 is 1.23 bits per heavy atom. The Balaban J connectivity index is 1.58. The van der Waals surface area contributed by atoms with Gasteiger partial charge in [-0.3, -0.25) is 0 Å². The number of anilines is 1. The number of hydrogen-bond donors (Lipinski definition) is 2. The van der Waals surface area contributed by atoms with Crippen molar-refractivity contribution in [1.29, 1.82) is 0 Å². The molecule has 0 radical (unpaired) electrons. The molecule has 0 saturated heterocycles. The highest BCUT2D eigenvalue weighted by molar-refractivity contribution is 7.80. The summed E-state index contributed by atoms with van der Waals surface area (Å²) in [6.45, 7) is 0. The molecular formula is C17H17FN2OS. The fourth-order valence-electron chi connectivity index (χ4n) is 2.53. The molecule has 2 N–H and O–H groups in total. The second-order valence-electron chi connectivity index (χ2n) is 5.30. The number of ether oxygens (including phenoxy) is 1. The minimum atomic E-state index is -0.196. The van der Waals surface area contributed by atoms with Gasteiger partial charge in [-0.05, 0) is 48.5 Å². The van der Waals surface area contributed by atoms with Gasteiger partial charge in [0, 0.05) is 12.0 Å². The maximum atomic E-state index is 13.2. The maximum Gasteiger partial charge on any atom is 0.171 e. The van der Waals surface area contributed by atoms with Gasteiger partial charge >= 0.3 is 0 Å². The lowest BCUT2D eigenvalue weighted by atomic mass is 10.1. The fourth-order valence-corrected chi connectivity index (χ4v) is 2.80. The monoisotopic (exact) mass is 316 g/mol. The fraction of sp³-hybridized carbons (Fsp3) is 0.235. The van der Waals surface area contributed by atoms with E-state index < -0.39 is 0 Å². The molecule has 1 aliphatic carbocycles. The van der Waals surface area contributed by atoms with Gasteiger partial charge in [0.05, 0.1) is 12.8 Å². The predicted molar refractivity (Wildman–Crippen MR) is 89.9 cm³/mol. The summed E-state index contributed by atoms with van der Waals surface area (Å²) in [5, 5.41) is 6.95. The zero-order valence-corrected chi connectivity index (χ0v) is 13.0. The van der Waals surface area contributed by atoms with Crippen molar-refractivity contribution in [2.45, 2.75) is 18.4 Å². The number of thiocarbonyl (C=S) groups is 1. The number of benzene rings is 2. The van der Waals surface area contributed by atoms with Crippen LogP contribution in [0.25, 0.3) is 0 Å². The normalized spacial score (nSPS) is 19.4. The Morgan fingerprint density at radius 3 is 2.82 bits per heavy atom. The summed E-state index contributed by atoms with van der Waals surface area (Å²) in [5.74, 6) is 0.857. The molecule has 22 heavy (non-hydrogen) atoms. The number of nitrogens with one attached hydrogen (secondary N) is 2. The van der Waals surface area contributed by atoms with E-state index >= 15 is 0 Å². The molecule has 114 valence electrons. The summed E-state index contributed by atoms with van der Waals surface area (Å²) in [4.78, 5) is 0. The molecule has 2 aromatic carbocycles. The summed E-state index contributed by atoms with van der Waals surface area (Å²) in [6, 6.07) is 14.6. The van der Waals surface area contributed by atoms with Crippen LogP contribution in [0.2, 0.25) is 0 Å². The Hall–Kier alpha value is -2.14. The lowest BCUT2D eigenvalue weighted by Crippen LogP contribution is -2.31. The van der Waals surface area contributed by atoms with Crippen LogP contribution in [0.4, 0.5) is 10.1 Å². The zero-order valence-electron chi connectivity index (χ0n) is 12.2. The largest absolute Gasteiger partial charge is 0.495 e. The lowest BCUT2D eigenvalue weighted by molar-refractivity contribution is 0.417. The van der Waals surface area contributed by atoms with Crippen LogP contribution in [0.1, 0.15) is 17.9 Å². The minimum absolute atomic E-state index is 0.196.